The number of esters is 1. The first kappa shape index (κ1) is 18.8. The van der Waals surface area contributed by atoms with Crippen LogP contribution < -0.4 is 10.9 Å². The minimum atomic E-state index is -0.695. The number of amides is 2. The molecule has 0 saturated carbocycles. The summed E-state index contributed by atoms with van der Waals surface area (Å²) < 4.78 is 4.83. The van der Waals surface area contributed by atoms with Crippen molar-refractivity contribution in [3.63, 3.8) is 0 Å². The number of nitrogens with zero attached hydrogens (tertiary/aromatic N) is 1. The summed E-state index contributed by atoms with van der Waals surface area (Å²) in [7, 11) is 0. The molecule has 0 saturated heterocycles. The van der Waals surface area contributed by atoms with E-state index in [4.69, 9.17) is 4.74 Å². The first-order valence-corrected chi connectivity index (χ1v) is 8.47. The maximum Gasteiger partial charge on any atom is 0.331 e. The van der Waals surface area contributed by atoms with E-state index in [9.17, 15) is 14.4 Å². The molecular weight excluding hydrogens is 358 g/mol. The van der Waals surface area contributed by atoms with Crippen molar-refractivity contribution in [1.29, 1.82) is 0 Å². The maximum atomic E-state index is 11.8. The number of benzene rings is 2. The topological polar surface area (TPSA) is 97.4 Å². The van der Waals surface area contributed by atoms with Crippen molar-refractivity contribution < 1.29 is 19.1 Å². The lowest BCUT2D eigenvalue weighted by Crippen LogP contribution is -2.43. The van der Waals surface area contributed by atoms with E-state index in [1.165, 1.54) is 12.2 Å². The van der Waals surface area contributed by atoms with Crippen LogP contribution in [0.2, 0.25) is 0 Å². The van der Waals surface area contributed by atoms with E-state index < -0.39 is 24.4 Å². The van der Waals surface area contributed by atoms with E-state index in [2.05, 4.69) is 15.8 Å². The average Bonchev–Trinajstić information content (AvgIpc) is 2.75. The molecule has 2 amide bonds. The highest BCUT2D eigenvalue weighted by Crippen LogP contribution is 2.12. The molecule has 0 spiro atoms. The summed E-state index contributed by atoms with van der Waals surface area (Å²) in [6, 6.07) is 19.7. The molecule has 0 aliphatic carbocycles. The third kappa shape index (κ3) is 5.25. The quantitative estimate of drug-likeness (QED) is 0.405. The normalized spacial score (nSPS) is 10.6. The molecule has 2 N–H and O–H groups in total. The number of fused-ring (bicyclic) bond motifs is 1. The second-order valence-electron chi connectivity index (χ2n) is 5.74. The third-order valence-corrected chi connectivity index (χ3v) is 3.71. The van der Waals surface area contributed by atoms with Crippen molar-refractivity contribution in [2.45, 2.75) is 0 Å². The monoisotopic (exact) mass is 375 g/mol. The first-order valence-electron chi connectivity index (χ1n) is 8.47. The molecule has 3 aromatic rings. The van der Waals surface area contributed by atoms with Crippen LogP contribution in [0.25, 0.3) is 17.0 Å². The van der Waals surface area contributed by atoms with Gasteiger partial charge in [0.05, 0.1) is 11.2 Å². The summed E-state index contributed by atoms with van der Waals surface area (Å²) in [6.07, 6.45) is 2.69. The van der Waals surface area contributed by atoms with Gasteiger partial charge in [-0.2, -0.15) is 0 Å². The Morgan fingerprint density at radius 2 is 1.64 bits per heavy atom. The minimum absolute atomic E-state index is 0.394. The van der Waals surface area contributed by atoms with Crippen LogP contribution in [0, 0.1) is 0 Å². The molecule has 0 atom stereocenters. The molecule has 1 heterocycles. The molecule has 7 heteroatoms. The lowest BCUT2D eigenvalue weighted by Gasteiger charge is -2.07. The van der Waals surface area contributed by atoms with E-state index in [0.717, 1.165) is 10.9 Å². The largest absolute Gasteiger partial charge is 0.452 e. The Bertz CT molecular complexity index is 1030. The van der Waals surface area contributed by atoms with Gasteiger partial charge < -0.3 is 4.74 Å². The lowest BCUT2D eigenvalue weighted by atomic mass is 10.2. The van der Waals surface area contributed by atoms with Crippen LogP contribution in [0.15, 0.2) is 72.8 Å². The predicted molar refractivity (Wildman–Crippen MR) is 104 cm³/mol. The first-order chi connectivity index (χ1) is 13.6. The molecule has 0 bridgehead atoms. The second-order valence-corrected chi connectivity index (χ2v) is 5.74. The van der Waals surface area contributed by atoms with Crippen LogP contribution in [0.3, 0.4) is 0 Å². The van der Waals surface area contributed by atoms with Gasteiger partial charge in [0, 0.05) is 17.0 Å². The van der Waals surface area contributed by atoms with E-state index in [1.54, 1.807) is 36.4 Å². The smallest absolute Gasteiger partial charge is 0.331 e. The van der Waals surface area contributed by atoms with Gasteiger partial charge in [-0.25, -0.2) is 9.78 Å². The summed E-state index contributed by atoms with van der Waals surface area (Å²) in [4.78, 5) is 39.6. The summed E-state index contributed by atoms with van der Waals surface area (Å²) >= 11 is 0. The van der Waals surface area contributed by atoms with Crippen molar-refractivity contribution in [1.82, 2.24) is 15.8 Å². The van der Waals surface area contributed by atoms with E-state index in [0.29, 0.717) is 11.3 Å². The molecule has 1 aromatic heterocycles. The number of carbonyl (C=O) groups excluding carboxylic acids is 3. The Kier molecular flexibility index (Phi) is 6.10. The predicted octanol–water partition coefficient (Wildman–Crippen LogP) is 2.25. The summed E-state index contributed by atoms with van der Waals surface area (Å²) in [5.74, 6) is -1.82. The second kappa shape index (κ2) is 9.09. The molecule has 2 aromatic carbocycles. The number of carbonyl (C=O) groups is 3. The Morgan fingerprint density at radius 1 is 0.893 bits per heavy atom. The van der Waals surface area contributed by atoms with Crippen LogP contribution in [0.1, 0.15) is 16.1 Å². The van der Waals surface area contributed by atoms with Crippen LogP contribution in [-0.2, 0) is 14.3 Å². The zero-order valence-corrected chi connectivity index (χ0v) is 14.8. The van der Waals surface area contributed by atoms with Gasteiger partial charge in [0.2, 0.25) is 0 Å². The van der Waals surface area contributed by atoms with Crippen molar-refractivity contribution in [2.75, 3.05) is 6.61 Å². The van der Waals surface area contributed by atoms with Crippen molar-refractivity contribution in [3.8, 4) is 0 Å². The number of aromatic nitrogens is 1. The molecule has 7 nitrogen and oxygen atoms in total. The van der Waals surface area contributed by atoms with Gasteiger partial charge in [-0.05, 0) is 30.3 Å². The van der Waals surface area contributed by atoms with Gasteiger partial charge >= 0.3 is 5.97 Å². The number of hydrogen-bond donors (Lipinski definition) is 2. The number of rotatable bonds is 5. The van der Waals surface area contributed by atoms with Crippen molar-refractivity contribution >= 4 is 34.8 Å². The fraction of sp³-hybridized carbons (Fsp3) is 0.0476. The number of pyridine rings is 1. The summed E-state index contributed by atoms with van der Waals surface area (Å²) in [5, 5.41) is 0.997. The zero-order valence-electron chi connectivity index (χ0n) is 14.8. The molecule has 0 fully saturated rings. The Labute approximate surface area is 161 Å². The maximum absolute atomic E-state index is 11.8. The molecule has 0 aliphatic rings. The summed E-state index contributed by atoms with van der Waals surface area (Å²) in [5.41, 5.74) is 6.22. The molecule has 28 heavy (non-hydrogen) atoms. The Morgan fingerprint density at radius 3 is 2.46 bits per heavy atom. The summed E-state index contributed by atoms with van der Waals surface area (Å²) in [6.45, 7) is -0.524. The number of para-hydroxylation sites is 1. The van der Waals surface area contributed by atoms with Gasteiger partial charge in [-0.3, -0.25) is 20.4 Å². The van der Waals surface area contributed by atoms with Gasteiger partial charge in [0.1, 0.15) is 0 Å². The van der Waals surface area contributed by atoms with Crippen LogP contribution in [-0.4, -0.2) is 29.4 Å². The fourth-order valence-electron chi connectivity index (χ4n) is 2.34. The zero-order chi connectivity index (χ0) is 19.8. The third-order valence-electron chi connectivity index (χ3n) is 3.71. The number of hydrazine groups is 1. The standard InChI is InChI=1S/C21H17N3O4/c25-19(23-24-21(27)16-7-2-1-3-8-16)14-28-20(26)13-12-17-11-10-15-6-4-5-9-18(15)22-17/h1-13H,14H2,(H,23,25)(H,24,27). The van der Waals surface area contributed by atoms with E-state index >= 15 is 0 Å². The fourth-order valence-corrected chi connectivity index (χ4v) is 2.34. The molecule has 0 radical (unpaired) electrons. The van der Waals surface area contributed by atoms with Crippen LogP contribution in [0.4, 0.5) is 0 Å². The van der Waals surface area contributed by atoms with Gasteiger partial charge in [0.25, 0.3) is 11.8 Å². The minimum Gasteiger partial charge on any atom is -0.452 e. The highest BCUT2D eigenvalue weighted by molar-refractivity contribution is 5.95. The Hall–Kier alpha value is -4.00. The molecule has 140 valence electrons. The highest BCUT2D eigenvalue weighted by Gasteiger charge is 2.08. The van der Waals surface area contributed by atoms with E-state index in [1.807, 2.05) is 30.3 Å². The van der Waals surface area contributed by atoms with Crippen LogP contribution >= 0.6 is 0 Å². The molecule has 0 aliphatic heterocycles. The number of hydrogen-bond acceptors (Lipinski definition) is 5. The van der Waals surface area contributed by atoms with E-state index in [-0.39, 0.29) is 0 Å². The van der Waals surface area contributed by atoms with Gasteiger partial charge in [-0.1, -0.05) is 42.5 Å². The number of ether oxygens (including phenoxy) is 1. The molecule has 0 unspecified atom stereocenters. The van der Waals surface area contributed by atoms with Gasteiger partial charge in [0.15, 0.2) is 6.61 Å². The average molecular weight is 375 g/mol. The Balaban J connectivity index is 1.44. The van der Waals surface area contributed by atoms with Crippen molar-refractivity contribution in [3.05, 3.63) is 84.1 Å². The highest BCUT2D eigenvalue weighted by atomic mass is 16.5. The van der Waals surface area contributed by atoms with Gasteiger partial charge in [-0.15, -0.1) is 0 Å². The lowest BCUT2D eigenvalue weighted by molar-refractivity contribution is -0.144. The molecule has 3 rings (SSSR count). The van der Waals surface area contributed by atoms with Crippen LogP contribution in [0.5, 0.6) is 0 Å². The SMILES string of the molecule is O=C(COC(=O)C=Cc1ccc2ccccc2n1)NNC(=O)c1ccccc1. The molecular formula is C21H17N3O4. The number of nitrogens with one attached hydrogen (secondary N) is 2. The van der Waals surface area contributed by atoms with Crippen molar-refractivity contribution in [2.24, 2.45) is 0 Å².